The Hall–Kier alpha value is -1.94. The highest BCUT2D eigenvalue weighted by Gasteiger charge is 2.12. The van der Waals surface area contributed by atoms with Gasteiger partial charge in [-0.2, -0.15) is 0 Å². The van der Waals surface area contributed by atoms with E-state index in [-0.39, 0.29) is 0 Å². The van der Waals surface area contributed by atoms with E-state index < -0.39 is 0 Å². The third kappa shape index (κ3) is 2.76. The van der Waals surface area contributed by atoms with E-state index in [1.807, 2.05) is 22.7 Å². The van der Waals surface area contributed by atoms with Crippen LogP contribution in [0.2, 0.25) is 0 Å². The summed E-state index contributed by atoms with van der Waals surface area (Å²) in [5.41, 5.74) is 3.87. The summed E-state index contributed by atoms with van der Waals surface area (Å²) in [6.45, 7) is 2.09. The minimum Gasteiger partial charge on any atom is -0.302 e. The Labute approximate surface area is 131 Å². The van der Waals surface area contributed by atoms with Crippen LogP contribution in [0.1, 0.15) is 27.4 Å². The second-order valence-electron chi connectivity index (χ2n) is 5.09. The molecule has 0 aliphatic carbocycles. The van der Waals surface area contributed by atoms with E-state index in [9.17, 15) is 4.79 Å². The number of aromatic nitrogens is 2. The van der Waals surface area contributed by atoms with Crippen LogP contribution in [0.5, 0.6) is 0 Å². The quantitative estimate of drug-likeness (QED) is 0.671. The first-order chi connectivity index (χ1) is 10.2. The molecule has 0 saturated heterocycles. The zero-order valence-corrected chi connectivity index (χ0v) is 13.3. The Bertz CT molecular complexity index is 808. The molecule has 3 aromatic rings. The number of hydrogen-bond acceptors (Lipinski definition) is 2. The lowest BCUT2D eigenvalue weighted by Gasteiger charge is -2.03. The van der Waals surface area contributed by atoms with Crippen molar-refractivity contribution in [2.24, 2.45) is 0 Å². The van der Waals surface area contributed by atoms with Gasteiger partial charge in [-0.3, -0.25) is 4.79 Å². The predicted octanol–water partition coefficient (Wildman–Crippen LogP) is 4.00. The summed E-state index contributed by atoms with van der Waals surface area (Å²) in [5, 5.41) is 0. The Kier molecular flexibility index (Phi) is 3.88. The van der Waals surface area contributed by atoms with Crippen molar-refractivity contribution in [1.29, 1.82) is 0 Å². The fourth-order valence-electron chi connectivity index (χ4n) is 2.57. The summed E-state index contributed by atoms with van der Waals surface area (Å²) in [6.07, 6.45) is 4.47. The molecule has 0 atom stereocenters. The first-order valence-electron chi connectivity index (χ1n) is 6.85. The monoisotopic (exact) mass is 342 g/mol. The molecule has 0 N–H and O–H groups in total. The van der Waals surface area contributed by atoms with Gasteiger partial charge < -0.3 is 4.40 Å². The third-order valence-corrected chi connectivity index (χ3v) is 4.19. The summed E-state index contributed by atoms with van der Waals surface area (Å²) in [6, 6.07) is 12.3. The summed E-state index contributed by atoms with van der Waals surface area (Å²) in [4.78, 5) is 15.7. The van der Waals surface area contributed by atoms with E-state index in [1.54, 1.807) is 0 Å². The zero-order chi connectivity index (χ0) is 14.8. The molecule has 0 fully saturated rings. The molecule has 0 unspecified atom stereocenters. The highest BCUT2D eigenvalue weighted by Crippen LogP contribution is 2.22. The topological polar surface area (TPSA) is 34.4 Å². The maximum atomic E-state index is 11.2. The number of pyridine rings is 1. The maximum absolute atomic E-state index is 11.2. The molecule has 3 nitrogen and oxygen atoms in total. The molecule has 3 rings (SSSR count). The van der Waals surface area contributed by atoms with Crippen LogP contribution < -0.4 is 0 Å². The van der Waals surface area contributed by atoms with Crippen molar-refractivity contribution >= 4 is 27.7 Å². The van der Waals surface area contributed by atoms with Crippen molar-refractivity contribution in [1.82, 2.24) is 9.38 Å². The van der Waals surface area contributed by atoms with Gasteiger partial charge in [-0.25, -0.2) is 4.98 Å². The second kappa shape index (κ2) is 5.82. The van der Waals surface area contributed by atoms with Crippen LogP contribution in [0.15, 0.2) is 47.1 Å². The second-order valence-corrected chi connectivity index (χ2v) is 5.95. The van der Waals surface area contributed by atoms with Gasteiger partial charge in [0.1, 0.15) is 11.5 Å². The summed E-state index contributed by atoms with van der Waals surface area (Å²) in [7, 11) is 0. The van der Waals surface area contributed by atoms with Crippen LogP contribution in [0.3, 0.4) is 0 Å². The van der Waals surface area contributed by atoms with Crippen molar-refractivity contribution in [3.63, 3.8) is 0 Å². The van der Waals surface area contributed by atoms with Crippen molar-refractivity contribution in [3.8, 4) is 0 Å². The average molecular weight is 343 g/mol. The Morgan fingerprint density at radius 2 is 2.10 bits per heavy atom. The lowest BCUT2D eigenvalue weighted by atomic mass is 10.1. The van der Waals surface area contributed by atoms with Crippen molar-refractivity contribution < 1.29 is 4.79 Å². The highest BCUT2D eigenvalue weighted by atomic mass is 79.9. The SMILES string of the molecule is Cc1cccc(CCc2nc(C=O)c3c(Br)cccn23)c1. The molecule has 0 aliphatic heterocycles. The van der Waals surface area contributed by atoms with Crippen LogP contribution in [-0.2, 0) is 12.8 Å². The molecule has 1 aromatic carbocycles. The zero-order valence-electron chi connectivity index (χ0n) is 11.7. The smallest absolute Gasteiger partial charge is 0.170 e. The fourth-order valence-corrected chi connectivity index (χ4v) is 3.12. The van der Waals surface area contributed by atoms with E-state index in [4.69, 9.17) is 0 Å². The van der Waals surface area contributed by atoms with Crippen LogP contribution in [0, 0.1) is 6.92 Å². The molecule has 21 heavy (non-hydrogen) atoms. The lowest BCUT2D eigenvalue weighted by molar-refractivity contribution is 0.112. The van der Waals surface area contributed by atoms with Crippen LogP contribution >= 0.6 is 15.9 Å². The van der Waals surface area contributed by atoms with Crippen molar-refractivity contribution in [2.75, 3.05) is 0 Å². The number of nitrogens with zero attached hydrogens (tertiary/aromatic N) is 2. The van der Waals surface area contributed by atoms with E-state index >= 15 is 0 Å². The molecule has 0 aliphatic rings. The summed E-state index contributed by atoms with van der Waals surface area (Å²) >= 11 is 3.49. The molecule has 0 bridgehead atoms. The van der Waals surface area contributed by atoms with Gasteiger partial charge in [0.2, 0.25) is 0 Å². The number of carbonyl (C=O) groups is 1. The molecular formula is C17H15BrN2O. The number of halogens is 1. The van der Waals surface area contributed by atoms with Gasteiger partial charge in [-0.1, -0.05) is 29.8 Å². The Morgan fingerprint density at radius 1 is 1.24 bits per heavy atom. The number of carbonyl (C=O) groups excluding carboxylic acids is 1. The maximum Gasteiger partial charge on any atom is 0.170 e. The number of aryl methyl sites for hydroxylation is 3. The largest absolute Gasteiger partial charge is 0.302 e. The van der Waals surface area contributed by atoms with E-state index in [0.717, 1.165) is 34.9 Å². The molecule has 2 heterocycles. The molecule has 0 radical (unpaired) electrons. The molecule has 0 amide bonds. The molecule has 0 spiro atoms. The Balaban J connectivity index is 1.94. The normalized spacial score (nSPS) is 11.0. The minimum absolute atomic E-state index is 0.488. The molecule has 4 heteroatoms. The number of fused-ring (bicyclic) bond motifs is 1. The molecule has 0 saturated carbocycles. The number of rotatable bonds is 4. The van der Waals surface area contributed by atoms with Gasteiger partial charge in [-0.15, -0.1) is 0 Å². The standard InChI is InChI=1S/C17H15BrN2O/c1-12-4-2-5-13(10-12)7-8-16-19-15(11-21)17-14(18)6-3-9-20(16)17/h2-6,9-11H,7-8H2,1H3. The van der Waals surface area contributed by atoms with Crippen LogP contribution in [0.25, 0.3) is 5.52 Å². The minimum atomic E-state index is 0.488. The molecular weight excluding hydrogens is 328 g/mol. The number of benzene rings is 1. The van der Waals surface area contributed by atoms with E-state index in [0.29, 0.717) is 5.69 Å². The molecule has 2 aromatic heterocycles. The fraction of sp³-hybridized carbons (Fsp3) is 0.176. The first kappa shape index (κ1) is 14.0. The number of imidazole rings is 1. The van der Waals surface area contributed by atoms with Gasteiger partial charge in [0.25, 0.3) is 0 Å². The first-order valence-corrected chi connectivity index (χ1v) is 7.64. The van der Waals surface area contributed by atoms with Gasteiger partial charge >= 0.3 is 0 Å². The Morgan fingerprint density at radius 3 is 2.86 bits per heavy atom. The van der Waals surface area contributed by atoms with Crippen molar-refractivity contribution in [3.05, 3.63) is 69.7 Å². The number of aldehydes is 1. The van der Waals surface area contributed by atoms with E-state index in [1.165, 1.54) is 11.1 Å². The van der Waals surface area contributed by atoms with Crippen LogP contribution in [-0.4, -0.2) is 15.7 Å². The third-order valence-electron chi connectivity index (χ3n) is 3.55. The number of hydrogen-bond donors (Lipinski definition) is 0. The van der Waals surface area contributed by atoms with Gasteiger partial charge in [0.15, 0.2) is 6.29 Å². The van der Waals surface area contributed by atoms with Crippen molar-refractivity contribution in [2.45, 2.75) is 19.8 Å². The predicted molar refractivity (Wildman–Crippen MR) is 86.9 cm³/mol. The highest BCUT2D eigenvalue weighted by molar-refractivity contribution is 9.10. The molecule has 106 valence electrons. The summed E-state index contributed by atoms with van der Waals surface area (Å²) < 4.78 is 2.88. The average Bonchev–Trinajstić information content (AvgIpc) is 2.85. The lowest BCUT2D eigenvalue weighted by Crippen LogP contribution is -1.98. The van der Waals surface area contributed by atoms with Gasteiger partial charge in [-0.05, 0) is 47.0 Å². The summed E-state index contributed by atoms with van der Waals surface area (Å²) in [5.74, 6) is 0.912. The van der Waals surface area contributed by atoms with E-state index in [2.05, 4.69) is 52.1 Å². The van der Waals surface area contributed by atoms with Crippen LogP contribution in [0.4, 0.5) is 0 Å². The van der Waals surface area contributed by atoms with Gasteiger partial charge in [0.05, 0.1) is 5.52 Å². The van der Waals surface area contributed by atoms with Gasteiger partial charge in [0, 0.05) is 17.1 Å².